The van der Waals surface area contributed by atoms with Crippen molar-refractivity contribution >= 4 is 22.2 Å². The summed E-state index contributed by atoms with van der Waals surface area (Å²) in [5, 5.41) is 14.0. The zero-order valence-electron chi connectivity index (χ0n) is 16.6. The summed E-state index contributed by atoms with van der Waals surface area (Å²) >= 11 is 0. The van der Waals surface area contributed by atoms with Crippen LogP contribution in [0.4, 0.5) is 27.6 Å². The highest BCUT2D eigenvalue weighted by Gasteiger charge is 2.61. The molecule has 2 N–H and O–H groups in total. The Hall–Kier alpha value is -3.07. The molecular formula is C22H18F5N3O. The first kappa shape index (κ1) is 21.2. The molecule has 0 spiro atoms. The van der Waals surface area contributed by atoms with Gasteiger partial charge in [0, 0.05) is 29.3 Å². The summed E-state index contributed by atoms with van der Waals surface area (Å²) < 4.78 is 70.9. The van der Waals surface area contributed by atoms with Gasteiger partial charge in [0.05, 0.1) is 11.6 Å². The van der Waals surface area contributed by atoms with Gasteiger partial charge in [0.2, 0.25) is 0 Å². The minimum Gasteiger partial charge on any atom is -0.378 e. The topological polar surface area (TPSA) is 58.0 Å². The number of fused-ring (bicyclic) bond motifs is 2. The van der Waals surface area contributed by atoms with Crippen molar-refractivity contribution in [2.75, 3.05) is 5.32 Å². The van der Waals surface area contributed by atoms with Crippen LogP contribution in [0, 0.1) is 18.6 Å². The molecule has 0 amide bonds. The Morgan fingerprint density at radius 1 is 1.19 bits per heavy atom. The van der Waals surface area contributed by atoms with E-state index < -0.39 is 35.9 Å². The number of benzene rings is 2. The van der Waals surface area contributed by atoms with Gasteiger partial charge >= 0.3 is 6.18 Å². The monoisotopic (exact) mass is 435 g/mol. The zero-order valence-corrected chi connectivity index (χ0v) is 16.6. The Labute approximate surface area is 174 Å². The molecule has 1 aliphatic rings. The molecule has 0 unspecified atom stereocenters. The fraction of sp³-hybridized carbons (Fsp3) is 0.273. The summed E-state index contributed by atoms with van der Waals surface area (Å²) in [5.74, 6) is -1.95. The molecule has 0 fully saturated rings. The standard InChI is InChI=1S/C22H18F5N3O/c1-3-12-9-21(31,22(25,26)27)20(13-7-8-15(23)19(24)18(12)13)30-17-6-4-5-16-14(17)10-28-11(2)29-16/h3-8,10,20,30-31H,9H2,1-2H3/b12-3-/t20-,21-/m1/s1. The summed E-state index contributed by atoms with van der Waals surface area (Å²) in [4.78, 5) is 8.34. The third kappa shape index (κ3) is 3.33. The quantitative estimate of drug-likeness (QED) is 0.524. The third-order valence-corrected chi connectivity index (χ3v) is 5.58. The predicted octanol–water partition coefficient (Wildman–Crippen LogP) is 5.47. The summed E-state index contributed by atoms with van der Waals surface area (Å²) in [6.07, 6.45) is -3.28. The van der Waals surface area contributed by atoms with Gasteiger partial charge in [-0.1, -0.05) is 18.2 Å². The molecule has 0 saturated carbocycles. The molecule has 9 heteroatoms. The Kier molecular flexibility index (Phi) is 4.96. The number of nitrogens with one attached hydrogen (secondary N) is 1. The van der Waals surface area contributed by atoms with Gasteiger partial charge in [-0.05, 0) is 43.2 Å². The van der Waals surface area contributed by atoms with Crippen molar-refractivity contribution in [2.24, 2.45) is 0 Å². The number of aromatic nitrogens is 2. The highest BCUT2D eigenvalue weighted by Crippen LogP contribution is 2.53. The van der Waals surface area contributed by atoms with Gasteiger partial charge in [0.25, 0.3) is 0 Å². The van der Waals surface area contributed by atoms with E-state index in [1.165, 1.54) is 25.3 Å². The smallest absolute Gasteiger partial charge is 0.378 e. The number of allylic oxidation sites excluding steroid dienone is 1. The van der Waals surface area contributed by atoms with Gasteiger partial charge in [-0.3, -0.25) is 0 Å². The van der Waals surface area contributed by atoms with E-state index in [2.05, 4.69) is 15.3 Å². The summed E-state index contributed by atoms with van der Waals surface area (Å²) in [6.45, 7) is 3.09. The Morgan fingerprint density at radius 3 is 2.61 bits per heavy atom. The summed E-state index contributed by atoms with van der Waals surface area (Å²) in [5.41, 5.74) is -3.14. The van der Waals surface area contributed by atoms with Gasteiger partial charge in [0.1, 0.15) is 5.82 Å². The van der Waals surface area contributed by atoms with Crippen molar-refractivity contribution in [3.8, 4) is 0 Å². The van der Waals surface area contributed by atoms with Crippen LogP contribution in [-0.4, -0.2) is 26.9 Å². The lowest BCUT2D eigenvalue weighted by Crippen LogP contribution is -2.54. The van der Waals surface area contributed by atoms with Gasteiger partial charge in [-0.2, -0.15) is 13.2 Å². The maximum absolute atomic E-state index is 14.7. The molecule has 1 heterocycles. The fourth-order valence-corrected chi connectivity index (χ4v) is 4.01. The van der Waals surface area contributed by atoms with Crippen molar-refractivity contribution in [2.45, 2.75) is 38.1 Å². The number of alkyl halides is 3. The summed E-state index contributed by atoms with van der Waals surface area (Å²) in [7, 11) is 0. The van der Waals surface area contributed by atoms with Crippen LogP contribution in [0.1, 0.15) is 36.3 Å². The molecular weight excluding hydrogens is 417 g/mol. The maximum Gasteiger partial charge on any atom is 0.419 e. The molecule has 0 radical (unpaired) electrons. The van der Waals surface area contributed by atoms with Crippen LogP contribution in [-0.2, 0) is 0 Å². The second-order valence-corrected chi connectivity index (χ2v) is 7.47. The highest BCUT2D eigenvalue weighted by atomic mass is 19.4. The molecule has 1 aromatic heterocycles. The molecule has 2 atom stereocenters. The van der Waals surface area contributed by atoms with Crippen LogP contribution in [0.5, 0.6) is 0 Å². The molecule has 4 rings (SSSR count). The van der Waals surface area contributed by atoms with Crippen molar-refractivity contribution < 1.29 is 27.1 Å². The second kappa shape index (κ2) is 7.26. The lowest BCUT2D eigenvalue weighted by Gasteiger charge is -2.44. The number of aryl methyl sites for hydroxylation is 1. The summed E-state index contributed by atoms with van der Waals surface area (Å²) in [6, 6.07) is 4.81. The van der Waals surface area contributed by atoms with E-state index in [4.69, 9.17) is 0 Å². The van der Waals surface area contributed by atoms with E-state index in [-0.39, 0.29) is 22.4 Å². The fourth-order valence-electron chi connectivity index (χ4n) is 4.01. The Balaban J connectivity index is 1.95. The predicted molar refractivity (Wildman–Crippen MR) is 106 cm³/mol. The van der Waals surface area contributed by atoms with Crippen molar-refractivity contribution in [1.82, 2.24) is 9.97 Å². The molecule has 0 bridgehead atoms. The number of nitrogens with zero attached hydrogens (tertiary/aromatic N) is 2. The van der Waals surface area contributed by atoms with Crippen LogP contribution in [0.15, 0.2) is 42.6 Å². The van der Waals surface area contributed by atoms with Crippen molar-refractivity contribution in [3.05, 3.63) is 71.2 Å². The minimum atomic E-state index is -5.06. The largest absolute Gasteiger partial charge is 0.419 e. The SMILES string of the molecule is C/C=C1/C[C@](O)(C(F)(F)F)[C@H](Nc2cccc3nc(C)ncc23)c2ccc(F)c(F)c21. The van der Waals surface area contributed by atoms with E-state index in [1.807, 2.05) is 0 Å². The molecule has 162 valence electrons. The first-order valence-corrected chi connectivity index (χ1v) is 9.48. The maximum atomic E-state index is 14.7. The Morgan fingerprint density at radius 2 is 1.94 bits per heavy atom. The van der Waals surface area contributed by atoms with Crippen LogP contribution in [0.3, 0.4) is 0 Å². The minimum absolute atomic E-state index is 0.123. The van der Waals surface area contributed by atoms with Crippen molar-refractivity contribution in [3.63, 3.8) is 0 Å². The number of rotatable bonds is 2. The molecule has 31 heavy (non-hydrogen) atoms. The number of hydrogen-bond donors (Lipinski definition) is 2. The van der Waals surface area contributed by atoms with Crippen LogP contribution in [0.2, 0.25) is 0 Å². The van der Waals surface area contributed by atoms with Crippen molar-refractivity contribution in [1.29, 1.82) is 0 Å². The number of anilines is 1. The average Bonchev–Trinajstić information content (AvgIpc) is 2.71. The van der Waals surface area contributed by atoms with E-state index in [9.17, 15) is 27.1 Å². The number of hydrogen-bond acceptors (Lipinski definition) is 4. The van der Waals surface area contributed by atoms with Gasteiger partial charge in [0.15, 0.2) is 17.2 Å². The van der Waals surface area contributed by atoms with E-state index in [1.54, 1.807) is 19.1 Å². The Bertz CT molecular complexity index is 1210. The first-order valence-electron chi connectivity index (χ1n) is 9.48. The molecule has 2 aromatic carbocycles. The highest BCUT2D eigenvalue weighted by molar-refractivity contribution is 5.91. The van der Waals surface area contributed by atoms with Gasteiger partial charge in [-0.25, -0.2) is 18.7 Å². The average molecular weight is 435 g/mol. The van der Waals surface area contributed by atoms with Gasteiger partial charge in [-0.15, -0.1) is 0 Å². The van der Waals surface area contributed by atoms with Crippen LogP contribution in [0.25, 0.3) is 16.5 Å². The van der Waals surface area contributed by atoms with E-state index >= 15 is 0 Å². The van der Waals surface area contributed by atoms with Gasteiger partial charge < -0.3 is 10.4 Å². The lowest BCUT2D eigenvalue weighted by atomic mass is 9.72. The molecule has 1 aliphatic carbocycles. The zero-order chi connectivity index (χ0) is 22.6. The van der Waals surface area contributed by atoms with E-state index in [0.29, 0.717) is 16.7 Å². The van der Waals surface area contributed by atoms with E-state index in [0.717, 1.165) is 12.1 Å². The van der Waals surface area contributed by atoms with Crippen LogP contribution < -0.4 is 5.32 Å². The number of aliphatic hydroxyl groups is 1. The molecule has 0 aliphatic heterocycles. The third-order valence-electron chi connectivity index (χ3n) is 5.58. The molecule has 0 saturated heterocycles. The first-order chi connectivity index (χ1) is 14.6. The van der Waals surface area contributed by atoms with Crippen LogP contribution >= 0.6 is 0 Å². The molecule has 4 nitrogen and oxygen atoms in total. The number of halogens is 5. The molecule has 3 aromatic rings. The second-order valence-electron chi connectivity index (χ2n) is 7.47. The lowest BCUT2D eigenvalue weighted by molar-refractivity contribution is -0.265. The normalized spacial score (nSPS) is 22.6.